The van der Waals surface area contributed by atoms with Crippen LogP contribution < -0.4 is 10.9 Å². The van der Waals surface area contributed by atoms with Crippen LogP contribution in [0.1, 0.15) is 24.1 Å². The van der Waals surface area contributed by atoms with E-state index in [0.717, 1.165) is 26.6 Å². The SMILES string of the molecule is CCOC(=O)[C@@H]1Cc2ccccc2[C@@H]1NC(=O)n1sc2ncccc2c1=O. The van der Waals surface area contributed by atoms with Gasteiger partial charge in [0.1, 0.15) is 4.83 Å². The molecule has 0 aliphatic heterocycles. The molecule has 2 atom stereocenters. The summed E-state index contributed by atoms with van der Waals surface area (Å²) in [5.74, 6) is -0.876. The van der Waals surface area contributed by atoms with Gasteiger partial charge in [-0.2, -0.15) is 3.96 Å². The lowest BCUT2D eigenvalue weighted by atomic mass is 10.0. The zero-order chi connectivity index (χ0) is 19.0. The van der Waals surface area contributed by atoms with E-state index in [1.807, 2.05) is 24.3 Å². The molecule has 0 saturated carbocycles. The molecule has 3 aromatic rings. The summed E-state index contributed by atoms with van der Waals surface area (Å²) in [5.41, 5.74) is 1.45. The van der Waals surface area contributed by atoms with Crippen molar-refractivity contribution in [2.75, 3.05) is 6.61 Å². The van der Waals surface area contributed by atoms with Crippen LogP contribution in [0.3, 0.4) is 0 Å². The molecule has 1 N–H and O–H groups in total. The summed E-state index contributed by atoms with van der Waals surface area (Å²) >= 11 is 0.981. The fourth-order valence-electron chi connectivity index (χ4n) is 3.43. The molecule has 0 radical (unpaired) electrons. The molecule has 1 aromatic carbocycles. The van der Waals surface area contributed by atoms with Gasteiger partial charge in [0.05, 0.1) is 24.0 Å². The number of rotatable bonds is 3. The fraction of sp³-hybridized carbons (Fsp3) is 0.263. The van der Waals surface area contributed by atoms with Crippen LogP contribution in [0.5, 0.6) is 0 Å². The smallest absolute Gasteiger partial charge is 0.338 e. The monoisotopic (exact) mass is 383 g/mol. The van der Waals surface area contributed by atoms with E-state index >= 15 is 0 Å². The Balaban J connectivity index is 1.67. The standard InChI is InChI=1S/C19H17N3O4S/c1-2-26-18(24)14-10-11-6-3-4-7-12(11)15(14)21-19(25)22-17(23)13-8-5-9-20-16(13)27-22/h3-9,14-15H,2,10H2,1H3,(H,21,25)/t14-,15+/m1/s1. The number of hydrogen-bond acceptors (Lipinski definition) is 6. The Bertz CT molecular complexity index is 1090. The van der Waals surface area contributed by atoms with Crippen LogP contribution in [0.15, 0.2) is 47.4 Å². The number of nitrogens with one attached hydrogen (secondary N) is 1. The van der Waals surface area contributed by atoms with E-state index in [-0.39, 0.29) is 12.6 Å². The van der Waals surface area contributed by atoms with Gasteiger partial charge in [0.15, 0.2) is 0 Å². The number of nitrogens with zero attached hydrogens (tertiary/aromatic N) is 2. The summed E-state index contributed by atoms with van der Waals surface area (Å²) in [7, 11) is 0. The first-order valence-corrected chi connectivity index (χ1v) is 9.40. The number of pyridine rings is 1. The fourth-order valence-corrected chi connectivity index (χ4v) is 4.28. The average molecular weight is 383 g/mol. The lowest BCUT2D eigenvalue weighted by Crippen LogP contribution is -2.39. The summed E-state index contributed by atoms with van der Waals surface area (Å²) in [6.07, 6.45) is 2.06. The van der Waals surface area contributed by atoms with Gasteiger partial charge in [0.25, 0.3) is 5.56 Å². The van der Waals surface area contributed by atoms with Gasteiger partial charge in [0, 0.05) is 6.20 Å². The predicted octanol–water partition coefficient (Wildman–Crippen LogP) is 2.49. The molecule has 0 unspecified atom stereocenters. The van der Waals surface area contributed by atoms with Gasteiger partial charge in [0.2, 0.25) is 0 Å². The summed E-state index contributed by atoms with van der Waals surface area (Å²) < 4.78 is 6.22. The van der Waals surface area contributed by atoms with E-state index in [1.165, 1.54) is 0 Å². The molecular weight excluding hydrogens is 366 g/mol. The highest BCUT2D eigenvalue weighted by molar-refractivity contribution is 7.14. The number of benzene rings is 1. The van der Waals surface area contributed by atoms with E-state index in [0.29, 0.717) is 16.6 Å². The molecule has 2 aromatic heterocycles. The minimum Gasteiger partial charge on any atom is -0.466 e. The van der Waals surface area contributed by atoms with E-state index in [1.54, 1.807) is 25.3 Å². The third kappa shape index (κ3) is 3.02. The molecule has 1 aliphatic carbocycles. The van der Waals surface area contributed by atoms with Gasteiger partial charge in [-0.25, -0.2) is 9.78 Å². The quantitative estimate of drug-likeness (QED) is 0.702. The lowest BCUT2D eigenvalue weighted by molar-refractivity contribution is -0.148. The Hall–Kier alpha value is -3.00. The number of ether oxygens (including phenoxy) is 1. The minimum absolute atomic E-state index is 0.272. The molecule has 7 nitrogen and oxygen atoms in total. The van der Waals surface area contributed by atoms with E-state index < -0.39 is 23.6 Å². The number of aromatic nitrogens is 2. The van der Waals surface area contributed by atoms with E-state index in [2.05, 4.69) is 10.3 Å². The van der Waals surface area contributed by atoms with Crippen molar-refractivity contribution >= 4 is 33.7 Å². The Labute approximate surface area is 158 Å². The molecule has 0 saturated heterocycles. The molecule has 0 spiro atoms. The number of carbonyl (C=O) groups is 2. The molecule has 2 heterocycles. The van der Waals surface area contributed by atoms with Crippen molar-refractivity contribution in [1.82, 2.24) is 14.3 Å². The average Bonchev–Trinajstić information content (AvgIpc) is 3.21. The zero-order valence-corrected chi connectivity index (χ0v) is 15.4. The number of esters is 1. The van der Waals surface area contributed by atoms with Crippen LogP contribution in [-0.4, -0.2) is 27.5 Å². The van der Waals surface area contributed by atoms with Crippen LogP contribution in [-0.2, 0) is 16.0 Å². The van der Waals surface area contributed by atoms with Crippen molar-refractivity contribution in [1.29, 1.82) is 0 Å². The molecule has 0 fully saturated rings. The molecule has 138 valence electrons. The van der Waals surface area contributed by atoms with Crippen LogP contribution >= 0.6 is 11.5 Å². The van der Waals surface area contributed by atoms with Crippen LogP contribution in [0.2, 0.25) is 0 Å². The minimum atomic E-state index is -0.570. The van der Waals surface area contributed by atoms with Crippen molar-refractivity contribution in [3.63, 3.8) is 0 Å². The Morgan fingerprint density at radius 2 is 2.11 bits per heavy atom. The molecule has 27 heavy (non-hydrogen) atoms. The second kappa shape index (κ2) is 6.96. The second-order valence-electron chi connectivity index (χ2n) is 6.24. The maximum atomic E-state index is 12.8. The number of carbonyl (C=O) groups excluding carboxylic acids is 2. The third-order valence-corrected chi connectivity index (χ3v) is 5.66. The first-order chi connectivity index (χ1) is 13.1. The van der Waals surface area contributed by atoms with Crippen molar-refractivity contribution in [2.24, 2.45) is 5.92 Å². The number of amides is 1. The third-order valence-electron chi connectivity index (χ3n) is 4.65. The molecule has 0 bridgehead atoms. The van der Waals surface area contributed by atoms with Gasteiger partial charge in [-0.15, -0.1) is 0 Å². The van der Waals surface area contributed by atoms with Crippen molar-refractivity contribution < 1.29 is 14.3 Å². The summed E-state index contributed by atoms with van der Waals surface area (Å²) in [6, 6.07) is 9.75. The highest BCUT2D eigenvalue weighted by Crippen LogP contribution is 2.37. The molecule has 8 heteroatoms. The zero-order valence-electron chi connectivity index (χ0n) is 14.5. The van der Waals surface area contributed by atoms with Crippen molar-refractivity contribution in [2.45, 2.75) is 19.4 Å². The van der Waals surface area contributed by atoms with E-state index in [4.69, 9.17) is 4.74 Å². The van der Waals surface area contributed by atoms with Gasteiger partial charge >= 0.3 is 12.0 Å². The number of hydrogen-bond donors (Lipinski definition) is 1. The van der Waals surface area contributed by atoms with E-state index in [9.17, 15) is 14.4 Å². The van der Waals surface area contributed by atoms with Gasteiger partial charge in [-0.1, -0.05) is 24.3 Å². The lowest BCUT2D eigenvalue weighted by Gasteiger charge is -2.20. The number of fused-ring (bicyclic) bond motifs is 2. The second-order valence-corrected chi connectivity index (χ2v) is 7.17. The first-order valence-electron chi connectivity index (χ1n) is 8.62. The van der Waals surface area contributed by atoms with Gasteiger partial charge in [-0.3, -0.25) is 9.59 Å². The van der Waals surface area contributed by atoms with Gasteiger partial charge in [-0.05, 0) is 48.1 Å². The van der Waals surface area contributed by atoms with Crippen LogP contribution in [0.25, 0.3) is 10.2 Å². The first kappa shape index (κ1) is 17.4. The predicted molar refractivity (Wildman–Crippen MR) is 101 cm³/mol. The largest absolute Gasteiger partial charge is 0.466 e. The Kier molecular flexibility index (Phi) is 4.49. The Morgan fingerprint density at radius 3 is 2.89 bits per heavy atom. The van der Waals surface area contributed by atoms with Crippen molar-refractivity contribution in [3.8, 4) is 0 Å². The summed E-state index contributed by atoms with van der Waals surface area (Å²) in [6.45, 7) is 2.02. The maximum Gasteiger partial charge on any atom is 0.338 e. The molecule has 1 aliphatic rings. The highest BCUT2D eigenvalue weighted by atomic mass is 32.1. The molecular formula is C19H17N3O4S. The molecule has 4 rings (SSSR count). The topological polar surface area (TPSA) is 90.3 Å². The summed E-state index contributed by atoms with van der Waals surface area (Å²) in [5, 5.41) is 3.24. The van der Waals surface area contributed by atoms with Crippen LogP contribution in [0, 0.1) is 5.92 Å². The Morgan fingerprint density at radius 1 is 1.30 bits per heavy atom. The van der Waals surface area contributed by atoms with Crippen molar-refractivity contribution in [3.05, 3.63) is 64.1 Å². The van der Waals surface area contributed by atoms with Crippen LogP contribution in [0.4, 0.5) is 4.79 Å². The normalized spacial score (nSPS) is 18.3. The maximum absolute atomic E-state index is 12.8. The highest BCUT2D eigenvalue weighted by Gasteiger charge is 2.39. The van der Waals surface area contributed by atoms with Gasteiger partial charge < -0.3 is 10.1 Å². The summed E-state index contributed by atoms with van der Waals surface area (Å²) in [4.78, 5) is 42.3. The molecule has 1 amide bonds.